The number of rotatable bonds is 4. The van der Waals surface area contributed by atoms with Gasteiger partial charge >= 0.3 is 6.03 Å². The molecule has 0 aliphatic carbocycles. The summed E-state index contributed by atoms with van der Waals surface area (Å²) >= 11 is 0. The van der Waals surface area contributed by atoms with Gasteiger partial charge in [-0.05, 0) is 23.6 Å². The van der Waals surface area contributed by atoms with E-state index < -0.39 is 0 Å². The minimum Gasteiger partial charge on any atom is -0.333 e. The van der Waals surface area contributed by atoms with Gasteiger partial charge in [0.25, 0.3) is 0 Å². The van der Waals surface area contributed by atoms with Crippen molar-refractivity contribution in [2.45, 2.75) is 19.5 Å². The van der Waals surface area contributed by atoms with Crippen LogP contribution < -0.4 is 10.6 Å². The van der Waals surface area contributed by atoms with Crippen LogP contribution in [-0.4, -0.2) is 40.3 Å². The van der Waals surface area contributed by atoms with Gasteiger partial charge in [0.15, 0.2) is 5.82 Å². The molecule has 2 atom stereocenters. The molecule has 120 valence electrons. The molecule has 1 saturated heterocycles. The molecule has 0 spiro atoms. The maximum Gasteiger partial charge on any atom is 0.320 e. The zero-order chi connectivity index (χ0) is 16.1. The standard InChI is InChI=1S/C17H21N5O/c1-13-10-22(11-14-6-3-2-4-7-14)12-15(13)19-17(23)20-16-8-5-9-18-21-16/h2-9,13,15H,10-12H2,1H3,(H2,19,20,21,23)/t13-,15+/m0/s1. The molecule has 23 heavy (non-hydrogen) atoms. The van der Waals surface area contributed by atoms with Crippen LogP contribution in [0.15, 0.2) is 48.7 Å². The Hall–Kier alpha value is -2.47. The molecule has 3 rings (SSSR count). The fourth-order valence-corrected chi connectivity index (χ4v) is 2.91. The normalized spacial score (nSPS) is 21.1. The zero-order valence-corrected chi connectivity index (χ0v) is 13.1. The van der Waals surface area contributed by atoms with E-state index in [0.29, 0.717) is 11.7 Å². The quantitative estimate of drug-likeness (QED) is 0.907. The number of nitrogens with one attached hydrogen (secondary N) is 2. The van der Waals surface area contributed by atoms with Gasteiger partial charge in [-0.3, -0.25) is 10.2 Å². The maximum absolute atomic E-state index is 12.1. The lowest BCUT2D eigenvalue weighted by atomic mass is 10.1. The Morgan fingerprint density at radius 2 is 2.04 bits per heavy atom. The number of likely N-dealkylation sites (tertiary alicyclic amines) is 1. The summed E-state index contributed by atoms with van der Waals surface area (Å²) in [4.78, 5) is 14.4. The summed E-state index contributed by atoms with van der Waals surface area (Å²) in [6, 6.07) is 13.8. The highest BCUT2D eigenvalue weighted by Gasteiger charge is 2.30. The lowest BCUT2D eigenvalue weighted by Gasteiger charge is -2.17. The van der Waals surface area contributed by atoms with E-state index in [1.165, 1.54) is 5.56 Å². The first-order chi connectivity index (χ1) is 11.2. The van der Waals surface area contributed by atoms with Gasteiger partial charge in [0, 0.05) is 31.9 Å². The van der Waals surface area contributed by atoms with E-state index in [4.69, 9.17) is 0 Å². The fraction of sp³-hybridized carbons (Fsp3) is 0.353. The average molecular weight is 311 g/mol. The number of urea groups is 1. The van der Waals surface area contributed by atoms with Crippen molar-refractivity contribution in [3.63, 3.8) is 0 Å². The number of amides is 2. The number of carbonyl (C=O) groups excluding carboxylic acids is 1. The first-order valence-corrected chi connectivity index (χ1v) is 7.82. The van der Waals surface area contributed by atoms with Gasteiger partial charge in [-0.25, -0.2) is 4.79 Å². The molecule has 0 radical (unpaired) electrons. The summed E-state index contributed by atoms with van der Waals surface area (Å²) < 4.78 is 0. The Labute approximate surface area is 135 Å². The van der Waals surface area contributed by atoms with Crippen molar-refractivity contribution in [2.24, 2.45) is 5.92 Å². The molecule has 2 aromatic rings. The van der Waals surface area contributed by atoms with E-state index in [2.05, 4.69) is 56.9 Å². The lowest BCUT2D eigenvalue weighted by Crippen LogP contribution is -2.42. The molecule has 0 bridgehead atoms. The highest BCUT2D eigenvalue weighted by molar-refractivity contribution is 5.88. The van der Waals surface area contributed by atoms with Crippen molar-refractivity contribution >= 4 is 11.8 Å². The van der Waals surface area contributed by atoms with Crippen LogP contribution in [0.3, 0.4) is 0 Å². The predicted octanol–water partition coefficient (Wildman–Crippen LogP) is 2.12. The predicted molar refractivity (Wildman–Crippen MR) is 88.9 cm³/mol. The van der Waals surface area contributed by atoms with Gasteiger partial charge in [-0.15, -0.1) is 5.10 Å². The molecule has 2 N–H and O–H groups in total. The summed E-state index contributed by atoms with van der Waals surface area (Å²) in [6.07, 6.45) is 1.57. The first kappa shape index (κ1) is 15.4. The van der Waals surface area contributed by atoms with Crippen molar-refractivity contribution in [1.29, 1.82) is 0 Å². The van der Waals surface area contributed by atoms with Crippen molar-refractivity contribution in [2.75, 3.05) is 18.4 Å². The monoisotopic (exact) mass is 311 g/mol. The number of anilines is 1. The number of hydrogen-bond donors (Lipinski definition) is 2. The van der Waals surface area contributed by atoms with Gasteiger partial charge < -0.3 is 5.32 Å². The molecular weight excluding hydrogens is 290 g/mol. The molecule has 1 aliphatic rings. The summed E-state index contributed by atoms with van der Waals surface area (Å²) in [5, 5.41) is 13.3. The lowest BCUT2D eigenvalue weighted by molar-refractivity contribution is 0.246. The van der Waals surface area contributed by atoms with Gasteiger partial charge in [0.1, 0.15) is 0 Å². The van der Waals surface area contributed by atoms with Crippen molar-refractivity contribution < 1.29 is 4.79 Å². The second-order valence-corrected chi connectivity index (χ2v) is 5.97. The van der Waals surface area contributed by atoms with Crippen LogP contribution in [-0.2, 0) is 6.54 Å². The third kappa shape index (κ3) is 4.26. The van der Waals surface area contributed by atoms with Crippen molar-refractivity contribution in [3.8, 4) is 0 Å². The molecule has 6 nitrogen and oxygen atoms in total. The van der Waals surface area contributed by atoms with E-state index >= 15 is 0 Å². The second-order valence-electron chi connectivity index (χ2n) is 5.97. The van der Waals surface area contributed by atoms with E-state index in [9.17, 15) is 4.79 Å². The van der Waals surface area contributed by atoms with E-state index in [-0.39, 0.29) is 12.1 Å². The third-order valence-corrected chi connectivity index (χ3v) is 4.07. The maximum atomic E-state index is 12.1. The highest BCUT2D eigenvalue weighted by Crippen LogP contribution is 2.19. The molecular formula is C17H21N5O. The molecule has 6 heteroatoms. The largest absolute Gasteiger partial charge is 0.333 e. The molecule has 0 saturated carbocycles. The molecule has 1 aromatic carbocycles. The molecule has 1 aliphatic heterocycles. The Morgan fingerprint density at radius 3 is 2.78 bits per heavy atom. The topological polar surface area (TPSA) is 70.2 Å². The van der Waals surface area contributed by atoms with Gasteiger partial charge in [0.05, 0.1) is 0 Å². The molecule has 0 unspecified atom stereocenters. The van der Waals surface area contributed by atoms with Crippen LogP contribution in [0, 0.1) is 5.92 Å². The zero-order valence-electron chi connectivity index (χ0n) is 13.1. The number of carbonyl (C=O) groups is 1. The molecule has 2 heterocycles. The van der Waals surface area contributed by atoms with Crippen LogP contribution in [0.4, 0.5) is 10.6 Å². The Kier molecular flexibility index (Phi) is 4.83. The minimum atomic E-state index is -0.232. The van der Waals surface area contributed by atoms with E-state index in [1.54, 1.807) is 18.3 Å². The van der Waals surface area contributed by atoms with Crippen molar-refractivity contribution in [1.82, 2.24) is 20.4 Å². The molecule has 1 aromatic heterocycles. The number of aromatic nitrogens is 2. The van der Waals surface area contributed by atoms with Crippen LogP contribution in [0.1, 0.15) is 12.5 Å². The van der Waals surface area contributed by atoms with Crippen LogP contribution in [0.5, 0.6) is 0 Å². The average Bonchev–Trinajstić information content (AvgIpc) is 2.88. The fourth-order valence-electron chi connectivity index (χ4n) is 2.91. The van der Waals surface area contributed by atoms with E-state index in [0.717, 1.165) is 19.6 Å². The third-order valence-electron chi connectivity index (χ3n) is 4.07. The summed E-state index contributed by atoms with van der Waals surface area (Å²) in [5.41, 5.74) is 1.30. The smallest absolute Gasteiger partial charge is 0.320 e. The second kappa shape index (κ2) is 7.19. The van der Waals surface area contributed by atoms with Crippen LogP contribution >= 0.6 is 0 Å². The number of hydrogen-bond acceptors (Lipinski definition) is 4. The Balaban J connectivity index is 1.51. The van der Waals surface area contributed by atoms with Gasteiger partial charge in [-0.2, -0.15) is 5.10 Å². The summed E-state index contributed by atoms with van der Waals surface area (Å²) in [6.45, 7) is 4.91. The number of benzene rings is 1. The Bertz CT molecular complexity index is 634. The molecule has 2 amide bonds. The van der Waals surface area contributed by atoms with Crippen LogP contribution in [0.2, 0.25) is 0 Å². The minimum absolute atomic E-state index is 0.135. The SMILES string of the molecule is C[C@H]1CN(Cc2ccccc2)C[C@H]1NC(=O)Nc1cccnn1. The summed E-state index contributed by atoms with van der Waals surface area (Å²) in [7, 11) is 0. The highest BCUT2D eigenvalue weighted by atomic mass is 16.2. The Morgan fingerprint density at radius 1 is 1.22 bits per heavy atom. The summed E-state index contributed by atoms with van der Waals surface area (Å²) in [5.74, 6) is 0.864. The molecule has 1 fully saturated rings. The van der Waals surface area contributed by atoms with E-state index in [1.807, 2.05) is 6.07 Å². The number of nitrogens with zero attached hydrogens (tertiary/aromatic N) is 3. The van der Waals surface area contributed by atoms with Gasteiger partial charge in [-0.1, -0.05) is 37.3 Å². The van der Waals surface area contributed by atoms with Crippen molar-refractivity contribution in [3.05, 3.63) is 54.2 Å². The first-order valence-electron chi connectivity index (χ1n) is 7.82. The van der Waals surface area contributed by atoms with Crippen LogP contribution in [0.25, 0.3) is 0 Å². The van der Waals surface area contributed by atoms with Gasteiger partial charge in [0.2, 0.25) is 0 Å².